The molecule has 64 heavy (non-hydrogen) atoms. The molecule has 0 unspecified atom stereocenters. The number of pyridine rings is 1. The fourth-order valence-corrected chi connectivity index (χ4v) is 9.62. The van der Waals surface area contributed by atoms with Gasteiger partial charge in [0.05, 0.1) is 23.6 Å². The molecule has 4 amide bonds. The molecular weight excluding hydrogens is 809 g/mol. The number of hydrogen-bond donors (Lipinski definition) is 3. The van der Waals surface area contributed by atoms with Gasteiger partial charge in [-0.3, -0.25) is 19.8 Å². The number of piperidine rings is 2. The van der Waals surface area contributed by atoms with Crippen molar-refractivity contribution in [2.24, 2.45) is 11.3 Å². The molecule has 0 saturated carbocycles. The van der Waals surface area contributed by atoms with E-state index in [1.165, 1.54) is 51.0 Å². The molecule has 7 heterocycles. The third kappa shape index (κ3) is 9.42. The highest BCUT2D eigenvalue weighted by atomic mass is 16.5. The Morgan fingerprint density at radius 2 is 1.59 bits per heavy atom. The van der Waals surface area contributed by atoms with E-state index in [-0.39, 0.29) is 29.3 Å². The second kappa shape index (κ2) is 17.6. The molecule has 4 aliphatic heterocycles. The van der Waals surface area contributed by atoms with E-state index < -0.39 is 5.91 Å². The Kier molecular flexibility index (Phi) is 11.8. The summed E-state index contributed by atoms with van der Waals surface area (Å²) in [5.41, 5.74) is 6.96. The molecule has 3 aromatic heterocycles. The van der Waals surface area contributed by atoms with Gasteiger partial charge in [0.2, 0.25) is 5.91 Å². The van der Waals surface area contributed by atoms with Crippen LogP contribution >= 0.6 is 0 Å². The molecule has 4 aliphatic rings. The van der Waals surface area contributed by atoms with Crippen LogP contribution in [0.15, 0.2) is 77.7 Å². The van der Waals surface area contributed by atoms with Gasteiger partial charge in [-0.1, -0.05) is 38.1 Å². The van der Waals surface area contributed by atoms with Crippen LogP contribution in [0.4, 0.5) is 33.5 Å². The van der Waals surface area contributed by atoms with E-state index in [2.05, 4.69) is 75.0 Å². The third-order valence-corrected chi connectivity index (χ3v) is 13.4. The van der Waals surface area contributed by atoms with Gasteiger partial charge >= 0.3 is 17.8 Å². The predicted octanol–water partition coefficient (Wildman–Crippen LogP) is 7.03. The lowest BCUT2D eigenvalue weighted by Crippen LogP contribution is -2.61. The zero-order valence-corrected chi connectivity index (χ0v) is 37.4. The molecule has 4 saturated heterocycles. The number of imide groups is 1. The molecule has 2 aromatic carbocycles. The van der Waals surface area contributed by atoms with Crippen molar-refractivity contribution < 1.29 is 18.9 Å². The van der Waals surface area contributed by atoms with Crippen LogP contribution < -0.4 is 30.7 Å². The van der Waals surface area contributed by atoms with Crippen LogP contribution in [0.1, 0.15) is 93.5 Å². The summed E-state index contributed by atoms with van der Waals surface area (Å²) in [4.78, 5) is 63.9. The van der Waals surface area contributed by atoms with Crippen LogP contribution in [-0.4, -0.2) is 100 Å². The number of aromatic nitrogens is 5. The summed E-state index contributed by atoms with van der Waals surface area (Å²) in [5.74, 6) is 1.90. The van der Waals surface area contributed by atoms with Gasteiger partial charge in [-0.05, 0) is 104 Å². The van der Waals surface area contributed by atoms with Crippen LogP contribution in [0.5, 0.6) is 0 Å². The first-order valence-corrected chi connectivity index (χ1v) is 22.5. The Balaban J connectivity index is 0.708. The van der Waals surface area contributed by atoms with E-state index in [1.54, 1.807) is 11.2 Å². The van der Waals surface area contributed by atoms with Gasteiger partial charge in [0, 0.05) is 87.2 Å². The Morgan fingerprint density at radius 3 is 2.27 bits per heavy atom. The summed E-state index contributed by atoms with van der Waals surface area (Å²) in [6, 6.07) is 19.7. The number of hydrogen-bond acceptors (Lipinski definition) is 13. The number of likely N-dealkylation sites (tertiary alicyclic amines) is 1. The minimum atomic E-state index is -0.409. The molecule has 0 bridgehead atoms. The second-order valence-corrected chi connectivity index (χ2v) is 19.1. The highest BCUT2D eigenvalue weighted by Gasteiger charge is 2.45. The normalized spacial score (nSPS) is 18.7. The van der Waals surface area contributed by atoms with Crippen LogP contribution in [-0.2, 0) is 10.2 Å². The average molecular weight is 867 g/mol. The van der Waals surface area contributed by atoms with E-state index in [4.69, 9.17) is 9.51 Å². The summed E-state index contributed by atoms with van der Waals surface area (Å²) in [5, 5.41) is 12.7. The smallest absolute Gasteiger partial charge is 0.328 e. The number of nitrogens with one attached hydrogen (secondary N) is 3. The fourth-order valence-electron chi connectivity index (χ4n) is 9.62. The van der Waals surface area contributed by atoms with E-state index in [0.29, 0.717) is 30.0 Å². The van der Waals surface area contributed by atoms with Crippen molar-refractivity contribution in [3.63, 3.8) is 0 Å². The largest absolute Gasteiger partial charge is 0.372 e. The van der Waals surface area contributed by atoms with Crippen molar-refractivity contribution in [3.05, 3.63) is 96.0 Å². The maximum Gasteiger partial charge on any atom is 0.328 e. The number of nitrogens with zero attached hydrogens (tertiary/aromatic N) is 9. The number of urea groups is 1. The zero-order chi connectivity index (χ0) is 44.6. The standard InChI is InChI=1S/C48H58N12O4/c1-31-24-34(6-12-38(31)32(2)52-43(62)44-55-45(56-64-44)47(3,4)5)39-25-41(51-30-50-39)53-40-13-11-37(26-49-40)59-22-17-48(18-23-59)28-57(29-48)27-33-14-19-58(20-15-33)35-7-9-36(10-8-35)60-21-16-42(61)54-46(60)63/h6-13,24-26,30,32-33H,14-23,27-29H2,1-5H3,(H,52,62)(H,54,61,63)(H,49,50,51,53)/t32-/m1/s1. The lowest BCUT2D eigenvalue weighted by molar-refractivity contribution is -0.120. The first-order valence-electron chi connectivity index (χ1n) is 22.5. The van der Waals surface area contributed by atoms with Crippen molar-refractivity contribution in [2.75, 3.05) is 72.4 Å². The van der Waals surface area contributed by atoms with Gasteiger partial charge < -0.3 is 29.9 Å². The summed E-state index contributed by atoms with van der Waals surface area (Å²) in [7, 11) is 0. The van der Waals surface area contributed by atoms with Crippen LogP contribution in [0.2, 0.25) is 0 Å². The number of anilines is 5. The summed E-state index contributed by atoms with van der Waals surface area (Å²) in [6.07, 6.45) is 8.61. The van der Waals surface area contributed by atoms with Crippen LogP contribution in [0, 0.1) is 18.3 Å². The molecule has 16 nitrogen and oxygen atoms in total. The Bertz CT molecular complexity index is 2480. The number of aryl methyl sites for hydroxylation is 1. The summed E-state index contributed by atoms with van der Waals surface area (Å²) >= 11 is 0. The molecule has 0 radical (unpaired) electrons. The van der Waals surface area contributed by atoms with Gasteiger partial charge in [0.25, 0.3) is 0 Å². The second-order valence-electron chi connectivity index (χ2n) is 19.1. The average Bonchev–Trinajstić information content (AvgIpc) is 3.79. The van der Waals surface area contributed by atoms with Crippen molar-refractivity contribution in [3.8, 4) is 11.3 Å². The van der Waals surface area contributed by atoms with Crippen molar-refractivity contribution in [1.82, 2.24) is 40.6 Å². The highest BCUT2D eigenvalue weighted by Crippen LogP contribution is 2.42. The molecule has 16 heteroatoms. The van der Waals surface area contributed by atoms with E-state index in [1.807, 2.05) is 77.2 Å². The predicted molar refractivity (Wildman–Crippen MR) is 246 cm³/mol. The van der Waals surface area contributed by atoms with Crippen LogP contribution in [0.3, 0.4) is 0 Å². The molecule has 4 fully saturated rings. The van der Waals surface area contributed by atoms with E-state index >= 15 is 0 Å². The molecule has 9 rings (SSSR count). The maximum atomic E-state index is 12.9. The fraction of sp³-hybridized carbons (Fsp3) is 0.458. The number of rotatable bonds is 11. The minimum Gasteiger partial charge on any atom is -0.372 e. The third-order valence-electron chi connectivity index (χ3n) is 13.4. The number of amides is 4. The van der Waals surface area contributed by atoms with E-state index in [0.717, 1.165) is 71.7 Å². The van der Waals surface area contributed by atoms with Gasteiger partial charge in [-0.25, -0.2) is 19.7 Å². The van der Waals surface area contributed by atoms with Crippen molar-refractivity contribution in [1.29, 1.82) is 0 Å². The summed E-state index contributed by atoms with van der Waals surface area (Å²) in [6.45, 7) is 18.0. The van der Waals surface area contributed by atoms with Gasteiger partial charge in [0.1, 0.15) is 18.0 Å². The van der Waals surface area contributed by atoms with Gasteiger partial charge in [-0.2, -0.15) is 4.98 Å². The molecule has 5 aromatic rings. The first-order chi connectivity index (χ1) is 30.8. The molecule has 3 N–H and O–H groups in total. The SMILES string of the molecule is Cc1cc(-c2cc(Nc3ccc(N4CCC5(CC4)CN(CC4CCN(c6ccc(N7CCC(=O)NC7=O)cc6)CC4)C5)cn3)ncn2)ccc1[C@@H](C)NC(=O)c1nc(C(C)(C)C)no1. The minimum absolute atomic E-state index is 0.0480. The van der Waals surface area contributed by atoms with Crippen molar-refractivity contribution >= 4 is 46.5 Å². The molecule has 1 atom stereocenters. The van der Waals surface area contributed by atoms with E-state index in [9.17, 15) is 14.4 Å². The number of benzene rings is 2. The van der Waals surface area contributed by atoms with Crippen LogP contribution in [0.25, 0.3) is 11.3 Å². The highest BCUT2D eigenvalue weighted by molar-refractivity contribution is 6.05. The zero-order valence-electron chi connectivity index (χ0n) is 37.4. The number of carbonyl (C=O) groups excluding carboxylic acids is 3. The quantitative estimate of drug-likeness (QED) is 0.123. The molecule has 334 valence electrons. The Morgan fingerprint density at radius 1 is 0.875 bits per heavy atom. The Hall–Kier alpha value is -6.42. The maximum absolute atomic E-state index is 12.9. The molecule has 0 aliphatic carbocycles. The lowest BCUT2D eigenvalue weighted by atomic mass is 9.71. The van der Waals surface area contributed by atoms with Crippen molar-refractivity contribution in [2.45, 2.75) is 78.2 Å². The first kappa shape index (κ1) is 42.9. The van der Waals surface area contributed by atoms with Gasteiger partial charge in [-0.15, -0.1) is 0 Å². The monoisotopic (exact) mass is 866 g/mol. The topological polar surface area (TPSA) is 178 Å². The summed E-state index contributed by atoms with van der Waals surface area (Å²) < 4.78 is 5.23. The molecular formula is C48H58N12O4. The Labute approximate surface area is 374 Å². The molecule has 1 spiro atoms. The lowest BCUT2D eigenvalue weighted by Gasteiger charge is -2.55. The van der Waals surface area contributed by atoms with Gasteiger partial charge in [0.15, 0.2) is 5.82 Å². The number of carbonyl (C=O) groups is 3.